The molecular formula is C16H18N2O. The first kappa shape index (κ1) is 13.3. The molecule has 0 aliphatic heterocycles. The molecule has 1 heterocycles. The van der Waals surface area contributed by atoms with Gasteiger partial charge >= 0.3 is 0 Å². The van der Waals surface area contributed by atoms with Crippen LogP contribution in [0.4, 0.5) is 0 Å². The van der Waals surface area contributed by atoms with Gasteiger partial charge in [0.25, 0.3) is 0 Å². The average molecular weight is 254 g/mol. The van der Waals surface area contributed by atoms with E-state index in [2.05, 4.69) is 4.98 Å². The molecule has 2 rings (SSSR count). The van der Waals surface area contributed by atoms with Gasteiger partial charge in [0.05, 0.1) is 5.41 Å². The van der Waals surface area contributed by atoms with Crippen molar-refractivity contribution >= 4 is 5.91 Å². The number of aryl methyl sites for hydroxylation is 1. The van der Waals surface area contributed by atoms with Gasteiger partial charge in [0.15, 0.2) is 0 Å². The Balaban J connectivity index is 2.19. The quantitative estimate of drug-likeness (QED) is 0.891. The molecular weight excluding hydrogens is 236 g/mol. The summed E-state index contributed by atoms with van der Waals surface area (Å²) in [5.74, 6) is -0.297. The van der Waals surface area contributed by atoms with Gasteiger partial charge in [0, 0.05) is 11.9 Å². The van der Waals surface area contributed by atoms with Gasteiger partial charge in [-0.2, -0.15) is 0 Å². The zero-order chi connectivity index (χ0) is 13.7. The third-order valence-corrected chi connectivity index (χ3v) is 3.56. The van der Waals surface area contributed by atoms with Crippen LogP contribution in [0.3, 0.4) is 0 Å². The Labute approximate surface area is 113 Å². The van der Waals surface area contributed by atoms with Crippen LogP contribution in [-0.2, 0) is 16.6 Å². The second-order valence-corrected chi connectivity index (χ2v) is 4.88. The highest BCUT2D eigenvalue weighted by Gasteiger charge is 2.32. The van der Waals surface area contributed by atoms with Crippen LogP contribution in [-0.4, -0.2) is 10.9 Å². The van der Waals surface area contributed by atoms with E-state index in [0.717, 1.165) is 17.7 Å². The number of pyridine rings is 1. The summed E-state index contributed by atoms with van der Waals surface area (Å²) >= 11 is 0. The maximum atomic E-state index is 11.8. The third-order valence-electron chi connectivity index (χ3n) is 3.56. The number of carbonyl (C=O) groups is 1. The number of aromatic nitrogens is 1. The molecule has 0 saturated carbocycles. The molecule has 2 N–H and O–H groups in total. The van der Waals surface area contributed by atoms with Crippen molar-refractivity contribution < 1.29 is 4.79 Å². The highest BCUT2D eigenvalue weighted by molar-refractivity contribution is 5.86. The van der Waals surface area contributed by atoms with Crippen molar-refractivity contribution in [3.63, 3.8) is 0 Å². The molecule has 0 saturated heterocycles. The Morgan fingerprint density at radius 1 is 1.16 bits per heavy atom. The van der Waals surface area contributed by atoms with E-state index in [-0.39, 0.29) is 5.91 Å². The molecule has 0 fully saturated rings. The van der Waals surface area contributed by atoms with Crippen LogP contribution in [0.15, 0.2) is 54.7 Å². The monoisotopic (exact) mass is 254 g/mol. The summed E-state index contributed by atoms with van der Waals surface area (Å²) in [5, 5.41) is 0. The molecule has 0 bridgehead atoms. The number of benzene rings is 1. The molecule has 1 amide bonds. The van der Waals surface area contributed by atoms with Crippen LogP contribution >= 0.6 is 0 Å². The molecule has 98 valence electrons. The standard InChI is InChI=1S/C16H18N2O/c1-16(15(17)19,13-7-3-2-4-8-13)11-10-14-9-5-6-12-18-14/h2-9,12H,10-11H2,1H3,(H2,17,19). The van der Waals surface area contributed by atoms with Crippen LogP contribution in [0.1, 0.15) is 24.6 Å². The minimum atomic E-state index is -0.654. The smallest absolute Gasteiger partial charge is 0.227 e. The van der Waals surface area contributed by atoms with E-state index in [1.807, 2.05) is 55.5 Å². The van der Waals surface area contributed by atoms with E-state index >= 15 is 0 Å². The van der Waals surface area contributed by atoms with Gasteiger partial charge in [-0.05, 0) is 37.5 Å². The first-order chi connectivity index (χ1) is 9.13. The lowest BCUT2D eigenvalue weighted by Crippen LogP contribution is -2.39. The van der Waals surface area contributed by atoms with E-state index in [4.69, 9.17) is 5.73 Å². The van der Waals surface area contributed by atoms with Crippen molar-refractivity contribution in [1.29, 1.82) is 0 Å². The second-order valence-electron chi connectivity index (χ2n) is 4.88. The number of nitrogens with zero attached hydrogens (tertiary/aromatic N) is 1. The fourth-order valence-electron chi connectivity index (χ4n) is 2.14. The second kappa shape index (κ2) is 5.65. The number of hydrogen-bond donors (Lipinski definition) is 1. The van der Waals surface area contributed by atoms with Crippen molar-refractivity contribution in [2.45, 2.75) is 25.2 Å². The molecule has 0 aliphatic rings. The number of nitrogens with two attached hydrogens (primary N) is 1. The third kappa shape index (κ3) is 2.99. The lowest BCUT2D eigenvalue weighted by molar-refractivity contribution is -0.123. The molecule has 3 nitrogen and oxygen atoms in total. The summed E-state index contributed by atoms with van der Waals surface area (Å²) in [6.07, 6.45) is 3.15. The lowest BCUT2D eigenvalue weighted by atomic mass is 9.77. The number of rotatable bonds is 5. The molecule has 1 aromatic carbocycles. The van der Waals surface area contributed by atoms with E-state index in [1.165, 1.54) is 0 Å². The highest BCUT2D eigenvalue weighted by atomic mass is 16.1. The van der Waals surface area contributed by atoms with Crippen molar-refractivity contribution in [2.24, 2.45) is 5.73 Å². The maximum Gasteiger partial charge on any atom is 0.227 e. The fraction of sp³-hybridized carbons (Fsp3) is 0.250. The number of primary amides is 1. The first-order valence-corrected chi connectivity index (χ1v) is 6.38. The summed E-state index contributed by atoms with van der Waals surface area (Å²) < 4.78 is 0. The Morgan fingerprint density at radius 2 is 1.84 bits per heavy atom. The van der Waals surface area contributed by atoms with Gasteiger partial charge in [-0.3, -0.25) is 9.78 Å². The zero-order valence-corrected chi connectivity index (χ0v) is 11.0. The van der Waals surface area contributed by atoms with E-state index < -0.39 is 5.41 Å². The van der Waals surface area contributed by atoms with Crippen LogP contribution < -0.4 is 5.73 Å². The molecule has 2 aromatic rings. The average Bonchev–Trinajstić information content (AvgIpc) is 2.46. The number of carbonyl (C=O) groups excluding carboxylic acids is 1. The van der Waals surface area contributed by atoms with Crippen LogP contribution in [0.5, 0.6) is 0 Å². The van der Waals surface area contributed by atoms with Crippen LogP contribution in [0.2, 0.25) is 0 Å². The highest BCUT2D eigenvalue weighted by Crippen LogP contribution is 2.28. The minimum Gasteiger partial charge on any atom is -0.369 e. The van der Waals surface area contributed by atoms with E-state index in [9.17, 15) is 4.79 Å². The van der Waals surface area contributed by atoms with Crippen LogP contribution in [0.25, 0.3) is 0 Å². The van der Waals surface area contributed by atoms with Gasteiger partial charge in [-0.1, -0.05) is 36.4 Å². The lowest BCUT2D eigenvalue weighted by Gasteiger charge is -2.26. The Kier molecular flexibility index (Phi) is 3.95. The Bertz CT molecular complexity index is 539. The summed E-state index contributed by atoms with van der Waals surface area (Å²) in [6, 6.07) is 15.5. The predicted octanol–water partition coefficient (Wildman–Crippen LogP) is 2.46. The number of hydrogen-bond acceptors (Lipinski definition) is 2. The summed E-state index contributed by atoms with van der Waals surface area (Å²) in [5.41, 5.74) is 6.89. The Morgan fingerprint density at radius 3 is 2.42 bits per heavy atom. The molecule has 3 heteroatoms. The van der Waals surface area contributed by atoms with Crippen molar-refractivity contribution in [1.82, 2.24) is 4.98 Å². The summed E-state index contributed by atoms with van der Waals surface area (Å²) in [4.78, 5) is 16.1. The minimum absolute atomic E-state index is 0.297. The molecule has 1 unspecified atom stereocenters. The van der Waals surface area contributed by atoms with Gasteiger partial charge in [-0.25, -0.2) is 0 Å². The van der Waals surface area contributed by atoms with Gasteiger partial charge in [0.1, 0.15) is 0 Å². The summed E-state index contributed by atoms with van der Waals surface area (Å²) in [6.45, 7) is 1.90. The number of amides is 1. The summed E-state index contributed by atoms with van der Waals surface area (Å²) in [7, 11) is 0. The van der Waals surface area contributed by atoms with Gasteiger partial charge in [0.2, 0.25) is 5.91 Å². The van der Waals surface area contributed by atoms with Crippen molar-refractivity contribution in [2.75, 3.05) is 0 Å². The topological polar surface area (TPSA) is 56.0 Å². The van der Waals surface area contributed by atoms with Crippen LogP contribution in [0, 0.1) is 0 Å². The molecule has 0 aliphatic carbocycles. The van der Waals surface area contributed by atoms with E-state index in [0.29, 0.717) is 6.42 Å². The van der Waals surface area contributed by atoms with Gasteiger partial charge in [-0.15, -0.1) is 0 Å². The predicted molar refractivity (Wildman–Crippen MR) is 75.5 cm³/mol. The Hall–Kier alpha value is -2.16. The SMILES string of the molecule is CC(CCc1ccccn1)(C(N)=O)c1ccccc1. The molecule has 1 atom stereocenters. The van der Waals surface area contributed by atoms with Crippen molar-refractivity contribution in [3.8, 4) is 0 Å². The largest absolute Gasteiger partial charge is 0.369 e. The van der Waals surface area contributed by atoms with Gasteiger partial charge < -0.3 is 5.73 Å². The van der Waals surface area contributed by atoms with Crippen molar-refractivity contribution in [3.05, 3.63) is 66.0 Å². The van der Waals surface area contributed by atoms with E-state index in [1.54, 1.807) is 6.20 Å². The molecule has 0 spiro atoms. The normalized spacial score (nSPS) is 13.7. The molecule has 1 aromatic heterocycles. The zero-order valence-electron chi connectivity index (χ0n) is 11.0. The fourth-order valence-corrected chi connectivity index (χ4v) is 2.14. The first-order valence-electron chi connectivity index (χ1n) is 6.38. The maximum absolute atomic E-state index is 11.8. The molecule has 0 radical (unpaired) electrons. The molecule has 19 heavy (non-hydrogen) atoms.